The molecule has 0 fully saturated rings. The Balaban J connectivity index is -0.0000000133. The van der Waals surface area contributed by atoms with Crippen molar-refractivity contribution < 1.29 is 21.8 Å². The summed E-state index contributed by atoms with van der Waals surface area (Å²) in [6.45, 7) is 7.00. The standard InChI is InChI=1S/C2H3.H2N.O.Zn/c1-2;;;/h1H,2H2;1H2;;/q2*-1;;. The Morgan fingerprint density at radius 3 is 1.40 bits per heavy atom. The summed E-state index contributed by atoms with van der Waals surface area (Å²) in [7, 11) is 0. The first-order valence-electron chi connectivity index (χ1n) is 0.697. The van der Waals surface area contributed by atoms with Crippen LogP contribution < -0.4 is 0 Å². The van der Waals surface area contributed by atoms with Crippen LogP contribution in [0.15, 0.2) is 6.58 Å². The third-order valence-electron chi connectivity index (χ3n) is 0. The molecule has 0 amide bonds. The summed E-state index contributed by atoms with van der Waals surface area (Å²) in [5.41, 5.74) is 0. The van der Waals surface area contributed by atoms with Crippen molar-refractivity contribution in [1.82, 2.24) is 0 Å². The topological polar surface area (TPSA) is 50.6 Å². The van der Waals surface area contributed by atoms with E-state index < -0.39 is 0 Å². The molecule has 0 radical (unpaired) electrons. The summed E-state index contributed by atoms with van der Waals surface area (Å²) in [4.78, 5) is 0. The molecule has 0 aliphatic heterocycles. The van der Waals surface area contributed by atoms with Gasteiger partial charge in [-0.25, -0.2) is 0 Å². The first kappa shape index (κ1) is 19.3. The monoisotopic (exact) mass is 123 g/mol. The molecule has 0 atom stereocenters. The van der Waals surface area contributed by atoms with Crippen LogP contribution in [-0.4, -0.2) is 0 Å². The van der Waals surface area contributed by atoms with Crippen molar-refractivity contribution in [1.29, 1.82) is 0 Å². The maximum absolute atomic E-state index is 8.38. The fraction of sp³-hybridized carbons (Fsp3) is 0. The van der Waals surface area contributed by atoms with Crippen LogP contribution in [0.2, 0.25) is 0 Å². The predicted molar refractivity (Wildman–Crippen MR) is 15.9 cm³/mol. The van der Waals surface area contributed by atoms with Crippen LogP contribution in [0.5, 0.6) is 0 Å². The molecule has 0 saturated heterocycles. The molecule has 2 nitrogen and oxygen atoms in total. The van der Waals surface area contributed by atoms with Gasteiger partial charge in [0.15, 0.2) is 0 Å². The van der Waals surface area contributed by atoms with Crippen molar-refractivity contribution >= 4 is 0 Å². The van der Waals surface area contributed by atoms with Gasteiger partial charge in [0.1, 0.15) is 0 Å². The zero-order valence-corrected chi connectivity index (χ0v) is 5.94. The molecular formula is C2H5NOZn-2. The molecule has 0 unspecified atom stereocenters. The van der Waals surface area contributed by atoms with Gasteiger partial charge in [0.05, 0.1) is 0 Å². The van der Waals surface area contributed by atoms with E-state index in [1.165, 1.54) is 0 Å². The Morgan fingerprint density at radius 2 is 1.40 bits per heavy atom. The van der Waals surface area contributed by atoms with Gasteiger partial charge in [0, 0.05) is 0 Å². The normalized spacial score (nSPS) is 2.00. The molecule has 5 heavy (non-hydrogen) atoms. The summed E-state index contributed by atoms with van der Waals surface area (Å²) >= 11 is 0.125. The second-order valence-electron chi connectivity index (χ2n) is 0. The van der Waals surface area contributed by atoms with E-state index in [1.807, 2.05) is 0 Å². The Labute approximate surface area is 41.8 Å². The van der Waals surface area contributed by atoms with Gasteiger partial charge in [-0.15, -0.1) is 0 Å². The van der Waals surface area contributed by atoms with Gasteiger partial charge in [-0.3, -0.25) is 6.58 Å². The molecule has 0 rings (SSSR count). The Morgan fingerprint density at radius 1 is 1.40 bits per heavy atom. The van der Waals surface area contributed by atoms with Gasteiger partial charge >= 0.3 is 21.8 Å². The summed E-state index contributed by atoms with van der Waals surface area (Å²) in [5.74, 6) is 0. The Kier molecular flexibility index (Phi) is 10200. The molecule has 3 heteroatoms. The van der Waals surface area contributed by atoms with Gasteiger partial charge in [-0.05, 0) is 0 Å². The van der Waals surface area contributed by atoms with E-state index >= 15 is 0 Å². The van der Waals surface area contributed by atoms with E-state index in [1.54, 1.807) is 0 Å². The molecule has 0 aromatic rings. The number of hydrogen-bond donors (Lipinski definition) is 0. The van der Waals surface area contributed by atoms with Gasteiger partial charge in [-0.2, -0.15) is 0 Å². The number of hydrogen-bond acceptors (Lipinski definition) is 1. The van der Waals surface area contributed by atoms with E-state index in [4.69, 9.17) is 3.57 Å². The second kappa shape index (κ2) is 2640. The molecule has 0 aliphatic rings. The van der Waals surface area contributed by atoms with Crippen molar-refractivity contribution in [2.45, 2.75) is 0 Å². The summed E-state index contributed by atoms with van der Waals surface area (Å²) in [5, 5.41) is 0. The van der Waals surface area contributed by atoms with Crippen LogP contribution in [0.1, 0.15) is 0 Å². The van der Waals surface area contributed by atoms with Crippen LogP contribution in [0.4, 0.5) is 0 Å². The summed E-state index contributed by atoms with van der Waals surface area (Å²) in [6.07, 6.45) is 0. The minimum absolute atomic E-state index is 0. The zero-order valence-electron chi connectivity index (χ0n) is 2.98. The van der Waals surface area contributed by atoms with Crippen molar-refractivity contribution in [2.75, 3.05) is 0 Å². The molecule has 0 aromatic heterocycles. The van der Waals surface area contributed by atoms with Crippen LogP contribution in [0.25, 0.3) is 6.15 Å². The van der Waals surface area contributed by atoms with Crippen LogP contribution in [-0.2, 0) is 21.8 Å². The average Bonchev–Trinajstić information content (AvgIpc) is 1.50. The fourth-order valence-corrected chi connectivity index (χ4v) is 0. The molecule has 2 N–H and O–H groups in total. The first-order valence-corrected chi connectivity index (χ1v) is 1.91. The molecule has 0 spiro atoms. The molecule has 0 aliphatic carbocycles. The van der Waals surface area contributed by atoms with Crippen molar-refractivity contribution in [3.63, 3.8) is 0 Å². The third kappa shape index (κ3) is 1220. The quantitative estimate of drug-likeness (QED) is 0.354. The average molecular weight is 124 g/mol. The molecule has 28 valence electrons. The zero-order chi connectivity index (χ0) is 4.00. The molecule has 0 aromatic carbocycles. The third-order valence-corrected chi connectivity index (χ3v) is 0. The van der Waals surface area contributed by atoms with Crippen molar-refractivity contribution in [3.05, 3.63) is 19.3 Å². The van der Waals surface area contributed by atoms with E-state index in [-0.39, 0.29) is 24.4 Å². The summed E-state index contributed by atoms with van der Waals surface area (Å²) in [6, 6.07) is 0. The van der Waals surface area contributed by atoms with E-state index in [2.05, 4.69) is 13.2 Å². The van der Waals surface area contributed by atoms with E-state index in [9.17, 15) is 0 Å². The SMILES string of the molecule is [CH-]=C.[NH2-].[O]=[Zn]. The van der Waals surface area contributed by atoms with E-state index in [0.717, 1.165) is 0 Å². The van der Waals surface area contributed by atoms with Crippen molar-refractivity contribution in [2.24, 2.45) is 0 Å². The van der Waals surface area contributed by atoms with Crippen LogP contribution >= 0.6 is 0 Å². The molecule has 0 saturated carbocycles. The maximum atomic E-state index is 8.38. The predicted octanol–water partition coefficient (Wildman–Crippen LogP) is 1.20. The fourth-order valence-electron chi connectivity index (χ4n) is 0. The summed E-state index contributed by atoms with van der Waals surface area (Å²) < 4.78 is 8.38. The molecule has 0 bridgehead atoms. The Bertz CT molecular complexity index is 11.6. The first-order chi connectivity index (χ1) is 2.00. The molecule has 0 heterocycles. The van der Waals surface area contributed by atoms with Crippen molar-refractivity contribution in [3.8, 4) is 0 Å². The second-order valence-corrected chi connectivity index (χ2v) is 0. The minimum atomic E-state index is 0. The number of rotatable bonds is 0. The van der Waals surface area contributed by atoms with Gasteiger partial charge < -0.3 is 12.7 Å². The van der Waals surface area contributed by atoms with Crippen LogP contribution in [0, 0.1) is 6.58 Å². The van der Waals surface area contributed by atoms with Gasteiger partial charge in [-0.1, -0.05) is 0 Å². The molecular weight excluding hydrogens is 119 g/mol. The van der Waals surface area contributed by atoms with Crippen LogP contribution in [0.3, 0.4) is 0 Å². The Hall–Kier alpha value is 0.123. The van der Waals surface area contributed by atoms with Gasteiger partial charge in [0.25, 0.3) is 0 Å². The van der Waals surface area contributed by atoms with Gasteiger partial charge in [0.2, 0.25) is 0 Å². The van der Waals surface area contributed by atoms with E-state index in [0.29, 0.717) is 0 Å². The number of nitrogens with two attached hydrogens (primary N) is 1.